The molecular formula is C13H19N3. The van der Waals surface area contributed by atoms with Crippen LogP contribution in [-0.2, 0) is 0 Å². The number of aromatic amines is 1. The van der Waals surface area contributed by atoms with Crippen molar-refractivity contribution < 1.29 is 0 Å². The Morgan fingerprint density at radius 2 is 1.94 bits per heavy atom. The van der Waals surface area contributed by atoms with E-state index in [2.05, 4.69) is 40.8 Å². The highest BCUT2D eigenvalue weighted by Gasteiger charge is 2.09. The average molecular weight is 217 g/mol. The molecule has 0 radical (unpaired) electrons. The van der Waals surface area contributed by atoms with E-state index in [9.17, 15) is 0 Å². The minimum Gasteiger partial charge on any atom is -0.370 e. The molecule has 0 atom stereocenters. The predicted molar refractivity (Wildman–Crippen MR) is 68.9 cm³/mol. The number of H-pyrrole nitrogens is 1. The first-order chi connectivity index (χ1) is 7.86. The number of fused-ring (bicyclic) bond motifs is 1. The molecule has 0 unspecified atom stereocenters. The molecule has 86 valence electrons. The van der Waals surface area contributed by atoms with Crippen molar-refractivity contribution in [2.75, 3.05) is 18.0 Å². The van der Waals surface area contributed by atoms with Crippen LogP contribution in [-0.4, -0.2) is 23.1 Å². The minimum absolute atomic E-state index is 1.05. The summed E-state index contributed by atoms with van der Waals surface area (Å²) in [5, 5.41) is 0. The van der Waals surface area contributed by atoms with Gasteiger partial charge in [-0.05, 0) is 25.0 Å². The van der Waals surface area contributed by atoms with Crippen LogP contribution in [0.2, 0.25) is 0 Å². The standard InChI is InChI=1S/C13H19N3/c1-3-8-16(9-4-2)12-7-5-6-11-13(12)15-10-14-11/h5-7,10H,3-4,8-9H2,1-2H3,(H,14,15). The van der Waals surface area contributed by atoms with E-state index in [1.54, 1.807) is 6.33 Å². The van der Waals surface area contributed by atoms with Gasteiger partial charge in [0.1, 0.15) is 0 Å². The van der Waals surface area contributed by atoms with Crippen LogP contribution in [0.15, 0.2) is 24.5 Å². The van der Waals surface area contributed by atoms with Crippen LogP contribution in [0.4, 0.5) is 5.69 Å². The first-order valence-corrected chi connectivity index (χ1v) is 6.03. The molecule has 0 aliphatic carbocycles. The summed E-state index contributed by atoms with van der Waals surface area (Å²) in [6, 6.07) is 6.30. The number of hydrogen-bond donors (Lipinski definition) is 1. The lowest BCUT2D eigenvalue weighted by molar-refractivity contribution is 0.747. The van der Waals surface area contributed by atoms with Gasteiger partial charge in [-0.1, -0.05) is 19.9 Å². The van der Waals surface area contributed by atoms with E-state index in [0.29, 0.717) is 0 Å². The van der Waals surface area contributed by atoms with E-state index < -0.39 is 0 Å². The number of benzene rings is 1. The quantitative estimate of drug-likeness (QED) is 0.834. The van der Waals surface area contributed by atoms with E-state index in [1.165, 1.54) is 18.5 Å². The number of para-hydroxylation sites is 1. The Bertz CT molecular complexity index is 441. The van der Waals surface area contributed by atoms with E-state index >= 15 is 0 Å². The van der Waals surface area contributed by atoms with Crippen molar-refractivity contribution in [3.05, 3.63) is 24.5 Å². The van der Waals surface area contributed by atoms with Crippen LogP contribution in [0.5, 0.6) is 0 Å². The summed E-state index contributed by atoms with van der Waals surface area (Å²) in [4.78, 5) is 9.96. The molecule has 0 saturated carbocycles. The van der Waals surface area contributed by atoms with E-state index in [4.69, 9.17) is 0 Å². The molecule has 3 heteroatoms. The number of imidazole rings is 1. The van der Waals surface area contributed by atoms with E-state index in [1.807, 2.05) is 6.07 Å². The zero-order valence-corrected chi connectivity index (χ0v) is 10.0. The van der Waals surface area contributed by atoms with E-state index in [-0.39, 0.29) is 0 Å². The molecule has 0 fully saturated rings. The van der Waals surface area contributed by atoms with Gasteiger partial charge in [0.05, 0.1) is 23.0 Å². The molecule has 0 amide bonds. The third kappa shape index (κ3) is 2.03. The number of nitrogens with zero attached hydrogens (tertiary/aromatic N) is 2. The summed E-state index contributed by atoms with van der Waals surface area (Å²) >= 11 is 0. The summed E-state index contributed by atoms with van der Waals surface area (Å²) in [5.74, 6) is 0. The Balaban J connectivity index is 2.38. The van der Waals surface area contributed by atoms with Crippen LogP contribution in [0.1, 0.15) is 26.7 Å². The van der Waals surface area contributed by atoms with Crippen LogP contribution in [0, 0.1) is 0 Å². The number of rotatable bonds is 5. The zero-order chi connectivity index (χ0) is 11.4. The van der Waals surface area contributed by atoms with Crippen molar-refractivity contribution in [1.29, 1.82) is 0 Å². The van der Waals surface area contributed by atoms with Crippen LogP contribution < -0.4 is 4.90 Å². The number of aromatic nitrogens is 2. The fourth-order valence-corrected chi connectivity index (χ4v) is 2.11. The van der Waals surface area contributed by atoms with Crippen molar-refractivity contribution in [2.45, 2.75) is 26.7 Å². The second-order valence-corrected chi connectivity index (χ2v) is 4.06. The fraction of sp³-hybridized carbons (Fsp3) is 0.462. The van der Waals surface area contributed by atoms with Gasteiger partial charge in [0.2, 0.25) is 0 Å². The lowest BCUT2D eigenvalue weighted by Gasteiger charge is -2.24. The van der Waals surface area contributed by atoms with Gasteiger partial charge in [0.15, 0.2) is 0 Å². The predicted octanol–water partition coefficient (Wildman–Crippen LogP) is 3.19. The number of nitrogens with one attached hydrogen (secondary N) is 1. The monoisotopic (exact) mass is 217 g/mol. The molecule has 0 aliphatic heterocycles. The Kier molecular flexibility index (Phi) is 3.44. The second kappa shape index (κ2) is 5.01. The molecule has 1 heterocycles. The summed E-state index contributed by atoms with van der Waals surface area (Å²) in [6.45, 7) is 6.64. The molecule has 3 nitrogen and oxygen atoms in total. The van der Waals surface area contributed by atoms with Gasteiger partial charge < -0.3 is 9.88 Å². The summed E-state index contributed by atoms with van der Waals surface area (Å²) < 4.78 is 0. The summed E-state index contributed by atoms with van der Waals surface area (Å²) in [7, 11) is 0. The van der Waals surface area contributed by atoms with Crippen molar-refractivity contribution in [1.82, 2.24) is 9.97 Å². The van der Waals surface area contributed by atoms with Crippen LogP contribution in [0.3, 0.4) is 0 Å². The maximum absolute atomic E-state index is 4.30. The maximum Gasteiger partial charge on any atom is 0.0932 e. The van der Waals surface area contributed by atoms with Crippen molar-refractivity contribution in [3.8, 4) is 0 Å². The third-order valence-corrected chi connectivity index (χ3v) is 2.76. The normalized spacial score (nSPS) is 10.9. The van der Waals surface area contributed by atoms with E-state index in [0.717, 1.165) is 24.1 Å². The molecule has 2 rings (SSSR count). The topological polar surface area (TPSA) is 31.9 Å². The maximum atomic E-state index is 4.30. The van der Waals surface area contributed by atoms with Gasteiger partial charge in [-0.15, -0.1) is 0 Å². The minimum atomic E-state index is 1.05. The van der Waals surface area contributed by atoms with Crippen LogP contribution >= 0.6 is 0 Å². The van der Waals surface area contributed by atoms with Crippen molar-refractivity contribution in [2.24, 2.45) is 0 Å². The molecule has 0 saturated heterocycles. The highest BCUT2D eigenvalue weighted by molar-refractivity contribution is 5.88. The first-order valence-electron chi connectivity index (χ1n) is 6.03. The lowest BCUT2D eigenvalue weighted by atomic mass is 10.2. The van der Waals surface area contributed by atoms with Crippen molar-refractivity contribution in [3.63, 3.8) is 0 Å². The number of hydrogen-bond acceptors (Lipinski definition) is 2. The van der Waals surface area contributed by atoms with Crippen molar-refractivity contribution >= 4 is 16.7 Å². The second-order valence-electron chi connectivity index (χ2n) is 4.06. The zero-order valence-electron chi connectivity index (χ0n) is 10.0. The Morgan fingerprint density at radius 3 is 2.62 bits per heavy atom. The van der Waals surface area contributed by atoms with Gasteiger partial charge in [-0.2, -0.15) is 0 Å². The van der Waals surface area contributed by atoms with Crippen LogP contribution in [0.25, 0.3) is 11.0 Å². The molecule has 1 aromatic heterocycles. The molecule has 0 aliphatic rings. The van der Waals surface area contributed by atoms with Gasteiger partial charge >= 0.3 is 0 Å². The average Bonchev–Trinajstić information content (AvgIpc) is 2.76. The highest BCUT2D eigenvalue weighted by atomic mass is 15.1. The van der Waals surface area contributed by atoms with Gasteiger partial charge in [0, 0.05) is 13.1 Å². The number of anilines is 1. The summed E-state index contributed by atoms with van der Waals surface area (Å²) in [5.41, 5.74) is 3.48. The molecule has 0 spiro atoms. The van der Waals surface area contributed by atoms with Gasteiger partial charge in [-0.25, -0.2) is 4.98 Å². The molecule has 0 bridgehead atoms. The van der Waals surface area contributed by atoms with Gasteiger partial charge in [0.25, 0.3) is 0 Å². The first kappa shape index (κ1) is 11.0. The lowest BCUT2D eigenvalue weighted by Crippen LogP contribution is -2.25. The molecule has 1 aromatic carbocycles. The Morgan fingerprint density at radius 1 is 1.19 bits per heavy atom. The molecule has 2 aromatic rings. The van der Waals surface area contributed by atoms with Gasteiger partial charge in [-0.3, -0.25) is 0 Å². The SMILES string of the molecule is CCCN(CCC)c1cccc2nc[nH]c12. The Labute approximate surface area is 96.5 Å². The third-order valence-electron chi connectivity index (χ3n) is 2.76. The summed E-state index contributed by atoms with van der Waals surface area (Å²) in [6.07, 6.45) is 4.11. The highest BCUT2D eigenvalue weighted by Crippen LogP contribution is 2.24. The Hall–Kier alpha value is -1.51. The molecular weight excluding hydrogens is 198 g/mol. The smallest absolute Gasteiger partial charge is 0.0932 e. The molecule has 16 heavy (non-hydrogen) atoms. The molecule has 1 N–H and O–H groups in total. The fourth-order valence-electron chi connectivity index (χ4n) is 2.11. The largest absolute Gasteiger partial charge is 0.370 e.